The zero-order valence-electron chi connectivity index (χ0n) is 17.3. The van der Waals surface area contributed by atoms with Crippen LogP contribution < -0.4 is 0 Å². The van der Waals surface area contributed by atoms with Crippen LogP contribution in [0.1, 0.15) is 71.6 Å². The summed E-state index contributed by atoms with van der Waals surface area (Å²) in [4.78, 5) is 0. The van der Waals surface area contributed by atoms with Crippen LogP contribution in [-0.4, -0.2) is 27.9 Å². The molecule has 154 valence electrons. The molecule has 0 radical (unpaired) electrons. The van der Waals surface area contributed by atoms with Crippen molar-refractivity contribution in [3.05, 3.63) is 23.8 Å². The molecule has 0 aromatic heterocycles. The van der Waals surface area contributed by atoms with Crippen LogP contribution in [0.15, 0.2) is 29.0 Å². The summed E-state index contributed by atoms with van der Waals surface area (Å²) in [6, 6.07) is 0. The summed E-state index contributed by atoms with van der Waals surface area (Å²) in [6.07, 6.45) is 16.0. The van der Waals surface area contributed by atoms with Crippen LogP contribution in [0.4, 0.5) is 0 Å². The van der Waals surface area contributed by atoms with Gasteiger partial charge in [-0.1, -0.05) is 37.1 Å². The van der Waals surface area contributed by atoms with Crippen molar-refractivity contribution in [3.63, 3.8) is 0 Å². The van der Waals surface area contributed by atoms with E-state index in [1.807, 2.05) is 6.08 Å². The van der Waals surface area contributed by atoms with E-state index in [9.17, 15) is 10.3 Å². The molecule has 4 nitrogen and oxygen atoms in total. The molecule has 0 saturated heterocycles. The van der Waals surface area contributed by atoms with Crippen LogP contribution >= 0.6 is 0 Å². The number of aliphatic hydroxyl groups is 1. The lowest BCUT2D eigenvalue weighted by Gasteiger charge is -2.59. The number of ether oxygens (including phenoxy) is 1. The van der Waals surface area contributed by atoms with Crippen LogP contribution in [-0.2, 0) is 4.74 Å². The predicted octanol–water partition coefficient (Wildman–Crippen LogP) is 5.06. The smallest absolute Gasteiger partial charge is 0.175 e. The Morgan fingerprint density at radius 2 is 2.07 bits per heavy atom. The molecule has 4 unspecified atom stereocenters. The largest absolute Gasteiger partial charge is 0.411 e. The number of oxime groups is 1. The number of aliphatic hydroxyl groups excluding tert-OH is 1. The maximum atomic E-state index is 10.1. The molecule has 3 fully saturated rings. The van der Waals surface area contributed by atoms with E-state index < -0.39 is 6.29 Å². The topological polar surface area (TPSA) is 62.1 Å². The lowest BCUT2D eigenvalue weighted by Crippen LogP contribution is -2.55. The Labute approximate surface area is 168 Å². The number of hydrogen-bond donors (Lipinski definition) is 2. The van der Waals surface area contributed by atoms with Gasteiger partial charge in [0.15, 0.2) is 6.29 Å². The maximum absolute atomic E-state index is 10.1. The molecular formula is C24H35NO3. The van der Waals surface area contributed by atoms with Gasteiger partial charge in [0.05, 0.1) is 11.3 Å². The van der Waals surface area contributed by atoms with Gasteiger partial charge in [0.2, 0.25) is 0 Å². The maximum Gasteiger partial charge on any atom is 0.175 e. The standard InChI is InChI=1S/C24H35NO3/c1-3-15-13-16-14-17(25-27)5-6-18(16)19-7-10-23(4-2)20(22(15)19)8-11-24(23)12-9-21(26)28-24/h9,12,14-15,18-22,26-27H,3-8,10-11,13H2,1-2H3/b25-17+/t15-,18-,19?,20?,21?,22?,23-,24+/m0/s1. The van der Waals surface area contributed by atoms with E-state index in [1.54, 1.807) is 5.57 Å². The van der Waals surface area contributed by atoms with Crippen molar-refractivity contribution in [1.82, 2.24) is 0 Å². The lowest BCUT2D eigenvalue weighted by atomic mass is 9.47. The number of rotatable bonds is 2. The fraction of sp³-hybridized carbons (Fsp3) is 0.792. The van der Waals surface area contributed by atoms with Crippen LogP contribution in [0.25, 0.3) is 0 Å². The van der Waals surface area contributed by atoms with Gasteiger partial charge in [0.25, 0.3) is 0 Å². The molecule has 5 aliphatic rings. The minimum absolute atomic E-state index is 0.184. The first-order chi connectivity index (χ1) is 13.6. The zero-order valence-corrected chi connectivity index (χ0v) is 17.3. The van der Waals surface area contributed by atoms with Gasteiger partial charge in [-0.05, 0) is 93.1 Å². The van der Waals surface area contributed by atoms with Gasteiger partial charge in [0, 0.05) is 5.41 Å². The second-order valence-electron chi connectivity index (χ2n) is 10.0. The summed E-state index contributed by atoms with van der Waals surface area (Å²) >= 11 is 0. The summed E-state index contributed by atoms with van der Waals surface area (Å²) in [5.41, 5.74) is 2.37. The summed E-state index contributed by atoms with van der Waals surface area (Å²) in [5.74, 6) is 3.62. The molecule has 2 N–H and O–H groups in total. The Bertz CT molecular complexity index is 727. The number of nitrogens with zero attached hydrogens (tertiary/aromatic N) is 1. The minimum atomic E-state index is -0.725. The highest BCUT2D eigenvalue weighted by molar-refractivity contribution is 5.96. The van der Waals surface area contributed by atoms with E-state index in [0.717, 1.165) is 43.2 Å². The van der Waals surface area contributed by atoms with Crippen LogP contribution in [0.3, 0.4) is 0 Å². The number of fused-ring (bicyclic) bond motifs is 6. The van der Waals surface area contributed by atoms with Crippen molar-refractivity contribution >= 4 is 5.71 Å². The molecule has 8 atom stereocenters. The van der Waals surface area contributed by atoms with Gasteiger partial charge in [0.1, 0.15) is 0 Å². The van der Waals surface area contributed by atoms with Crippen LogP contribution in [0, 0.1) is 35.0 Å². The average Bonchev–Trinajstić information content (AvgIpc) is 3.27. The van der Waals surface area contributed by atoms with Gasteiger partial charge in [-0.15, -0.1) is 0 Å². The van der Waals surface area contributed by atoms with Gasteiger partial charge in [-0.2, -0.15) is 0 Å². The monoisotopic (exact) mass is 385 g/mol. The van der Waals surface area contributed by atoms with E-state index >= 15 is 0 Å². The highest BCUT2D eigenvalue weighted by Crippen LogP contribution is 2.69. The molecule has 1 spiro atoms. The Morgan fingerprint density at radius 1 is 1.21 bits per heavy atom. The normalized spacial score (nSPS) is 51.1. The van der Waals surface area contributed by atoms with Crippen molar-refractivity contribution in [2.24, 2.45) is 40.2 Å². The molecule has 28 heavy (non-hydrogen) atoms. The molecule has 4 aliphatic carbocycles. The Balaban J connectivity index is 1.52. The second kappa shape index (κ2) is 6.70. The number of allylic oxidation sites excluding steroid dienone is 2. The lowest BCUT2D eigenvalue weighted by molar-refractivity contribution is -0.191. The molecule has 0 bridgehead atoms. The first-order valence-electron chi connectivity index (χ1n) is 11.5. The minimum Gasteiger partial charge on any atom is -0.411 e. The Morgan fingerprint density at radius 3 is 2.75 bits per heavy atom. The summed E-state index contributed by atoms with van der Waals surface area (Å²) in [6.45, 7) is 4.71. The van der Waals surface area contributed by atoms with Crippen LogP contribution in [0.2, 0.25) is 0 Å². The quantitative estimate of drug-likeness (QED) is 0.397. The SMILES string of the molecule is CC[C@H]1CC2=C/C(=N/O)CC[C@@H]2C2CC[C@@]3(CC)C(CC[C@@]34C=CC(O)O4)C21. The average molecular weight is 386 g/mol. The molecular weight excluding hydrogens is 350 g/mol. The fourth-order valence-corrected chi connectivity index (χ4v) is 8.44. The van der Waals surface area contributed by atoms with Crippen molar-refractivity contribution in [2.75, 3.05) is 0 Å². The zero-order chi connectivity index (χ0) is 19.5. The predicted molar refractivity (Wildman–Crippen MR) is 109 cm³/mol. The van der Waals surface area contributed by atoms with Gasteiger partial charge in [-0.3, -0.25) is 0 Å². The van der Waals surface area contributed by atoms with Crippen molar-refractivity contribution in [2.45, 2.75) is 83.5 Å². The molecule has 5 rings (SSSR count). The van der Waals surface area contributed by atoms with Gasteiger partial charge < -0.3 is 15.1 Å². The highest BCUT2D eigenvalue weighted by atomic mass is 16.6. The van der Waals surface area contributed by atoms with Crippen molar-refractivity contribution in [3.8, 4) is 0 Å². The third-order valence-corrected chi connectivity index (χ3v) is 9.51. The third kappa shape index (κ3) is 2.40. The van der Waals surface area contributed by atoms with Gasteiger partial charge >= 0.3 is 0 Å². The van der Waals surface area contributed by atoms with Crippen molar-refractivity contribution < 1.29 is 15.1 Å². The van der Waals surface area contributed by atoms with Crippen molar-refractivity contribution in [1.29, 1.82) is 0 Å². The molecule has 1 heterocycles. The summed E-state index contributed by atoms with van der Waals surface area (Å²) < 4.78 is 6.25. The van der Waals surface area contributed by atoms with E-state index in [4.69, 9.17) is 4.74 Å². The molecule has 0 amide bonds. The molecule has 1 aliphatic heterocycles. The fourth-order valence-electron chi connectivity index (χ4n) is 8.44. The van der Waals surface area contributed by atoms with Gasteiger partial charge in [-0.25, -0.2) is 0 Å². The van der Waals surface area contributed by atoms with E-state index in [2.05, 4.69) is 31.2 Å². The Kier molecular flexibility index (Phi) is 4.52. The Hall–Kier alpha value is -1.13. The second-order valence-corrected chi connectivity index (χ2v) is 10.0. The van der Waals surface area contributed by atoms with Crippen LogP contribution in [0.5, 0.6) is 0 Å². The summed E-state index contributed by atoms with van der Waals surface area (Å²) in [7, 11) is 0. The highest BCUT2D eigenvalue weighted by Gasteiger charge is 2.66. The molecule has 0 aromatic rings. The molecule has 3 saturated carbocycles. The first kappa shape index (κ1) is 18.9. The third-order valence-electron chi connectivity index (χ3n) is 9.51. The molecule has 4 heteroatoms. The van der Waals surface area contributed by atoms with E-state index in [0.29, 0.717) is 17.8 Å². The van der Waals surface area contributed by atoms with E-state index in [1.165, 1.54) is 32.1 Å². The summed E-state index contributed by atoms with van der Waals surface area (Å²) in [5, 5.41) is 22.9. The number of hydrogen-bond acceptors (Lipinski definition) is 4. The molecule has 0 aromatic carbocycles. The first-order valence-corrected chi connectivity index (χ1v) is 11.5. The van der Waals surface area contributed by atoms with E-state index in [-0.39, 0.29) is 11.0 Å².